The molecule has 0 unspecified atom stereocenters. The molecule has 0 bridgehead atoms. The van der Waals surface area contributed by atoms with Gasteiger partial charge in [-0.3, -0.25) is 0 Å². The van der Waals surface area contributed by atoms with Gasteiger partial charge in [0.2, 0.25) is 0 Å². The predicted octanol–water partition coefficient (Wildman–Crippen LogP) is 5.98. The lowest BCUT2D eigenvalue weighted by molar-refractivity contribution is 0.344. The second kappa shape index (κ2) is 6.69. The van der Waals surface area contributed by atoms with E-state index in [1.807, 2.05) is 36.4 Å². The lowest BCUT2D eigenvalue weighted by Crippen LogP contribution is -1.87. The fraction of sp³-hybridized carbons (Fsp3) is 0. The quantitative estimate of drug-likeness (QED) is 0.333. The van der Waals surface area contributed by atoms with Crippen molar-refractivity contribution >= 4 is 27.6 Å². The molecule has 0 atom stereocenters. The first-order valence-corrected chi connectivity index (χ1v) is 8.56. The Morgan fingerprint density at radius 1 is 0.750 bits per heavy atom. The van der Waals surface area contributed by atoms with Crippen LogP contribution in [0.4, 0.5) is 0 Å². The van der Waals surface area contributed by atoms with Gasteiger partial charge in [0, 0.05) is 15.6 Å². The summed E-state index contributed by atoms with van der Waals surface area (Å²) >= 11 is 1.72. The normalized spacial score (nSPS) is 11.2. The first-order chi connectivity index (χ1) is 11.9. The average molecular weight is 329 g/mol. The van der Waals surface area contributed by atoms with Gasteiger partial charge >= 0.3 is 0 Å². The van der Waals surface area contributed by atoms with Crippen LogP contribution >= 0.6 is 11.3 Å². The third-order valence-corrected chi connectivity index (χ3v) is 4.86. The molecule has 1 aromatic heterocycles. The highest BCUT2D eigenvalue weighted by Crippen LogP contribution is 2.37. The van der Waals surface area contributed by atoms with Crippen molar-refractivity contribution in [2.75, 3.05) is 0 Å². The molecule has 0 N–H and O–H groups in total. The Kier molecular flexibility index (Phi) is 4.09. The number of oxime groups is 1. The summed E-state index contributed by atoms with van der Waals surface area (Å²) in [5.41, 5.74) is 2.40. The fourth-order valence-corrected chi connectivity index (χ4v) is 3.76. The lowest BCUT2D eigenvalue weighted by atomic mass is 10.0. The van der Waals surface area contributed by atoms with Gasteiger partial charge in [-0.1, -0.05) is 71.9 Å². The second-order valence-corrected chi connectivity index (χ2v) is 6.43. The Morgan fingerprint density at radius 2 is 1.42 bits per heavy atom. The molecule has 0 radical (unpaired) electrons. The van der Waals surface area contributed by atoms with Crippen LogP contribution in [0.1, 0.15) is 4.88 Å². The fourth-order valence-electron chi connectivity index (χ4n) is 2.67. The standard InChI is InChI=1S/C21H15NOS/c1-3-9-16(10-4-1)21-18-13-7-8-14-19(18)24-20(21)15-22-23-17-11-5-2-6-12-17/h1-15H/b22-15+. The molecule has 0 aliphatic heterocycles. The molecule has 3 heteroatoms. The summed E-state index contributed by atoms with van der Waals surface area (Å²) in [6.07, 6.45) is 1.81. The van der Waals surface area contributed by atoms with Gasteiger partial charge in [0.15, 0.2) is 5.75 Å². The van der Waals surface area contributed by atoms with Crippen LogP contribution in [0.5, 0.6) is 5.75 Å². The Hall–Kier alpha value is -2.91. The van der Waals surface area contributed by atoms with E-state index in [4.69, 9.17) is 4.84 Å². The molecule has 0 aliphatic carbocycles. The van der Waals surface area contributed by atoms with Crippen LogP contribution in [0, 0.1) is 0 Å². The summed E-state index contributed by atoms with van der Waals surface area (Å²) < 4.78 is 1.25. The van der Waals surface area contributed by atoms with Crippen LogP contribution in [0.25, 0.3) is 21.2 Å². The minimum Gasteiger partial charge on any atom is -0.357 e. The van der Waals surface area contributed by atoms with Crippen molar-refractivity contribution in [3.05, 3.63) is 89.8 Å². The molecule has 0 saturated heterocycles. The summed E-state index contributed by atoms with van der Waals surface area (Å²) in [4.78, 5) is 6.57. The summed E-state index contributed by atoms with van der Waals surface area (Å²) in [6.45, 7) is 0. The van der Waals surface area contributed by atoms with Gasteiger partial charge in [0.05, 0.1) is 11.1 Å². The third kappa shape index (κ3) is 2.94. The Labute approximate surface area is 144 Å². The minimum absolute atomic E-state index is 0.733. The molecule has 4 rings (SSSR count). The van der Waals surface area contributed by atoms with Crippen LogP contribution < -0.4 is 4.84 Å². The van der Waals surface area contributed by atoms with Gasteiger partial charge in [-0.2, -0.15) is 0 Å². The number of nitrogens with zero attached hydrogens (tertiary/aromatic N) is 1. The number of rotatable bonds is 4. The molecule has 0 amide bonds. The SMILES string of the molecule is C(=N\Oc1ccccc1)/c1sc2ccccc2c1-c1ccccc1. The summed E-state index contributed by atoms with van der Waals surface area (Å²) in [7, 11) is 0. The highest BCUT2D eigenvalue weighted by molar-refractivity contribution is 7.21. The lowest BCUT2D eigenvalue weighted by Gasteiger charge is -2.02. The molecule has 116 valence electrons. The van der Waals surface area contributed by atoms with Gasteiger partial charge in [-0.25, -0.2) is 0 Å². The maximum absolute atomic E-state index is 5.47. The van der Waals surface area contributed by atoms with Gasteiger partial charge < -0.3 is 4.84 Å². The van der Waals surface area contributed by atoms with E-state index < -0.39 is 0 Å². The predicted molar refractivity (Wildman–Crippen MR) is 102 cm³/mol. The molecular weight excluding hydrogens is 314 g/mol. The van der Waals surface area contributed by atoms with Crippen LogP contribution in [-0.2, 0) is 0 Å². The van der Waals surface area contributed by atoms with Crippen molar-refractivity contribution in [1.29, 1.82) is 0 Å². The first kappa shape index (κ1) is 14.7. The van der Waals surface area contributed by atoms with E-state index in [1.54, 1.807) is 17.6 Å². The minimum atomic E-state index is 0.733. The number of para-hydroxylation sites is 1. The molecule has 4 aromatic rings. The zero-order valence-corrected chi connectivity index (χ0v) is 13.7. The van der Waals surface area contributed by atoms with Crippen molar-refractivity contribution in [1.82, 2.24) is 0 Å². The van der Waals surface area contributed by atoms with Crippen molar-refractivity contribution in [2.24, 2.45) is 5.16 Å². The van der Waals surface area contributed by atoms with E-state index in [2.05, 4.69) is 53.7 Å². The molecule has 2 nitrogen and oxygen atoms in total. The monoisotopic (exact) mass is 329 g/mol. The topological polar surface area (TPSA) is 21.6 Å². The first-order valence-electron chi connectivity index (χ1n) is 7.74. The van der Waals surface area contributed by atoms with Crippen LogP contribution in [0.15, 0.2) is 90.1 Å². The van der Waals surface area contributed by atoms with Crippen LogP contribution in [0.2, 0.25) is 0 Å². The maximum atomic E-state index is 5.47. The van der Waals surface area contributed by atoms with Crippen LogP contribution in [-0.4, -0.2) is 6.21 Å². The molecule has 0 aliphatic rings. The zero-order valence-electron chi connectivity index (χ0n) is 12.9. The number of hydrogen-bond donors (Lipinski definition) is 0. The van der Waals surface area contributed by atoms with Gasteiger partial charge in [-0.15, -0.1) is 11.3 Å². The van der Waals surface area contributed by atoms with Gasteiger partial charge in [-0.05, 0) is 23.8 Å². The third-order valence-electron chi connectivity index (χ3n) is 3.76. The molecule has 0 spiro atoms. The van der Waals surface area contributed by atoms with E-state index in [0.29, 0.717) is 0 Å². The Bertz CT molecular complexity index is 975. The van der Waals surface area contributed by atoms with E-state index >= 15 is 0 Å². The Morgan fingerprint density at radius 3 is 2.21 bits per heavy atom. The van der Waals surface area contributed by atoms with Crippen molar-refractivity contribution in [3.63, 3.8) is 0 Å². The Balaban J connectivity index is 1.75. The van der Waals surface area contributed by atoms with Gasteiger partial charge in [0.1, 0.15) is 0 Å². The molecule has 24 heavy (non-hydrogen) atoms. The number of thiophene rings is 1. The van der Waals surface area contributed by atoms with E-state index in [-0.39, 0.29) is 0 Å². The number of fused-ring (bicyclic) bond motifs is 1. The van der Waals surface area contributed by atoms with E-state index in [0.717, 1.165) is 10.6 Å². The number of benzene rings is 3. The molecular formula is C21H15NOS. The smallest absolute Gasteiger partial charge is 0.157 e. The molecule has 3 aromatic carbocycles. The van der Waals surface area contributed by atoms with Crippen LogP contribution in [0.3, 0.4) is 0 Å². The maximum Gasteiger partial charge on any atom is 0.157 e. The summed E-state index contributed by atoms with van der Waals surface area (Å²) in [5, 5.41) is 5.42. The molecule has 1 heterocycles. The largest absolute Gasteiger partial charge is 0.357 e. The average Bonchev–Trinajstić information content (AvgIpc) is 3.01. The molecule has 0 saturated carbocycles. The van der Waals surface area contributed by atoms with E-state index in [9.17, 15) is 0 Å². The zero-order chi connectivity index (χ0) is 16.2. The van der Waals surface area contributed by atoms with Crippen molar-refractivity contribution < 1.29 is 4.84 Å². The van der Waals surface area contributed by atoms with Crippen molar-refractivity contribution in [3.8, 4) is 16.9 Å². The summed E-state index contributed by atoms with van der Waals surface area (Å²) in [5.74, 6) is 0.733. The highest BCUT2D eigenvalue weighted by Gasteiger charge is 2.12. The molecule has 0 fully saturated rings. The number of hydrogen-bond acceptors (Lipinski definition) is 3. The highest BCUT2D eigenvalue weighted by atomic mass is 32.1. The van der Waals surface area contributed by atoms with Gasteiger partial charge in [0.25, 0.3) is 0 Å². The van der Waals surface area contributed by atoms with Crippen molar-refractivity contribution in [2.45, 2.75) is 0 Å². The van der Waals surface area contributed by atoms with E-state index in [1.165, 1.54) is 21.2 Å². The summed E-state index contributed by atoms with van der Waals surface area (Å²) in [6, 6.07) is 28.4. The second-order valence-electron chi connectivity index (χ2n) is 5.34.